The SMILES string of the molecule is CCOC(=O)COCCNC(CCO)COC. The van der Waals surface area contributed by atoms with Gasteiger partial charge in [-0.1, -0.05) is 0 Å². The summed E-state index contributed by atoms with van der Waals surface area (Å²) in [7, 11) is 1.61. The van der Waals surface area contributed by atoms with Gasteiger partial charge in [0.15, 0.2) is 0 Å². The molecule has 0 radical (unpaired) electrons. The van der Waals surface area contributed by atoms with Gasteiger partial charge in [0, 0.05) is 26.3 Å². The van der Waals surface area contributed by atoms with Crippen molar-refractivity contribution in [2.75, 3.05) is 46.7 Å². The van der Waals surface area contributed by atoms with E-state index in [1.54, 1.807) is 14.0 Å². The van der Waals surface area contributed by atoms with E-state index in [4.69, 9.17) is 19.3 Å². The zero-order valence-corrected chi connectivity index (χ0v) is 10.6. The molecule has 1 atom stereocenters. The van der Waals surface area contributed by atoms with Crippen molar-refractivity contribution in [3.05, 3.63) is 0 Å². The molecule has 1 unspecified atom stereocenters. The number of carbonyl (C=O) groups excluding carboxylic acids is 1. The second-order valence-electron chi connectivity index (χ2n) is 3.48. The number of rotatable bonds is 11. The molecule has 0 bridgehead atoms. The van der Waals surface area contributed by atoms with Crippen LogP contribution in [-0.4, -0.2) is 63.8 Å². The number of hydrogen-bond donors (Lipinski definition) is 2. The highest BCUT2D eigenvalue weighted by Gasteiger charge is 2.06. The molecule has 102 valence electrons. The van der Waals surface area contributed by atoms with Crippen LogP contribution < -0.4 is 5.32 Å². The summed E-state index contributed by atoms with van der Waals surface area (Å²) in [6.07, 6.45) is 0.631. The molecule has 0 saturated heterocycles. The Kier molecular flexibility index (Phi) is 11.3. The molecule has 0 aliphatic carbocycles. The van der Waals surface area contributed by atoms with E-state index in [9.17, 15) is 4.79 Å². The van der Waals surface area contributed by atoms with Crippen LogP contribution in [0.1, 0.15) is 13.3 Å². The minimum Gasteiger partial charge on any atom is -0.464 e. The Balaban J connectivity index is 3.44. The predicted molar refractivity (Wildman–Crippen MR) is 62.8 cm³/mol. The lowest BCUT2D eigenvalue weighted by Gasteiger charge is -2.16. The summed E-state index contributed by atoms with van der Waals surface area (Å²) < 4.78 is 14.8. The Labute approximate surface area is 102 Å². The number of aliphatic hydroxyl groups is 1. The van der Waals surface area contributed by atoms with Crippen molar-refractivity contribution in [2.45, 2.75) is 19.4 Å². The van der Waals surface area contributed by atoms with Crippen molar-refractivity contribution in [3.63, 3.8) is 0 Å². The third-order valence-corrected chi connectivity index (χ3v) is 2.05. The summed E-state index contributed by atoms with van der Waals surface area (Å²) in [5.41, 5.74) is 0. The molecule has 0 aliphatic heterocycles. The molecule has 0 heterocycles. The third kappa shape index (κ3) is 10.2. The van der Waals surface area contributed by atoms with Gasteiger partial charge in [0.1, 0.15) is 6.61 Å². The number of esters is 1. The molecule has 0 aromatic carbocycles. The van der Waals surface area contributed by atoms with Crippen LogP contribution in [-0.2, 0) is 19.0 Å². The van der Waals surface area contributed by atoms with E-state index in [0.29, 0.717) is 32.8 Å². The predicted octanol–water partition coefficient (Wildman–Crippen LogP) is -0.447. The molecule has 2 N–H and O–H groups in total. The Morgan fingerprint density at radius 1 is 1.47 bits per heavy atom. The summed E-state index contributed by atoms with van der Waals surface area (Å²) in [5.74, 6) is -0.351. The van der Waals surface area contributed by atoms with Gasteiger partial charge in [-0.2, -0.15) is 0 Å². The standard InChI is InChI=1S/C11H23NO5/c1-3-17-11(14)9-16-7-5-12-10(4-6-13)8-15-2/h10,12-13H,3-9H2,1-2H3. The number of nitrogens with one attached hydrogen (secondary N) is 1. The molecule has 6 heteroatoms. The van der Waals surface area contributed by atoms with E-state index in [1.807, 2.05) is 0 Å². The van der Waals surface area contributed by atoms with Gasteiger partial charge in [-0.15, -0.1) is 0 Å². The van der Waals surface area contributed by atoms with Crippen molar-refractivity contribution in [1.82, 2.24) is 5.32 Å². The zero-order chi connectivity index (χ0) is 12.9. The average molecular weight is 249 g/mol. The van der Waals surface area contributed by atoms with E-state index in [0.717, 1.165) is 0 Å². The van der Waals surface area contributed by atoms with Crippen LogP contribution in [0.5, 0.6) is 0 Å². The highest BCUT2D eigenvalue weighted by Crippen LogP contribution is 1.91. The summed E-state index contributed by atoms with van der Waals surface area (Å²) in [4.78, 5) is 10.9. The molecular formula is C11H23NO5. The van der Waals surface area contributed by atoms with Gasteiger partial charge < -0.3 is 24.6 Å². The van der Waals surface area contributed by atoms with E-state index < -0.39 is 0 Å². The summed E-state index contributed by atoms with van der Waals surface area (Å²) in [5, 5.41) is 12.0. The smallest absolute Gasteiger partial charge is 0.332 e. The lowest BCUT2D eigenvalue weighted by molar-refractivity contribution is -0.148. The van der Waals surface area contributed by atoms with E-state index >= 15 is 0 Å². The fraction of sp³-hybridized carbons (Fsp3) is 0.909. The molecule has 0 aromatic heterocycles. The third-order valence-electron chi connectivity index (χ3n) is 2.05. The molecule has 0 amide bonds. The first-order valence-electron chi connectivity index (χ1n) is 5.81. The van der Waals surface area contributed by atoms with Crippen LogP contribution in [0.25, 0.3) is 0 Å². The number of aliphatic hydroxyl groups excluding tert-OH is 1. The molecule has 0 spiro atoms. The quantitative estimate of drug-likeness (QED) is 0.381. The maximum Gasteiger partial charge on any atom is 0.332 e. The van der Waals surface area contributed by atoms with Gasteiger partial charge in [-0.25, -0.2) is 4.79 Å². The number of ether oxygens (including phenoxy) is 3. The lowest BCUT2D eigenvalue weighted by Crippen LogP contribution is -2.36. The van der Waals surface area contributed by atoms with Crippen molar-refractivity contribution >= 4 is 5.97 Å². The summed E-state index contributed by atoms with van der Waals surface area (Å²) >= 11 is 0. The normalized spacial score (nSPS) is 12.4. The molecule has 0 aliphatic rings. The van der Waals surface area contributed by atoms with Crippen LogP contribution in [0.4, 0.5) is 0 Å². The summed E-state index contributed by atoms with van der Waals surface area (Å²) in [6, 6.07) is 0.108. The van der Waals surface area contributed by atoms with E-state index in [2.05, 4.69) is 5.32 Å². The molecule has 17 heavy (non-hydrogen) atoms. The van der Waals surface area contributed by atoms with Crippen LogP contribution in [0, 0.1) is 0 Å². The van der Waals surface area contributed by atoms with Crippen LogP contribution in [0.15, 0.2) is 0 Å². The highest BCUT2D eigenvalue weighted by atomic mass is 16.6. The lowest BCUT2D eigenvalue weighted by atomic mass is 10.2. The minimum atomic E-state index is -0.351. The van der Waals surface area contributed by atoms with Crippen molar-refractivity contribution in [2.24, 2.45) is 0 Å². The first-order chi connectivity index (χ1) is 8.24. The second-order valence-corrected chi connectivity index (χ2v) is 3.48. The largest absolute Gasteiger partial charge is 0.464 e. The first-order valence-corrected chi connectivity index (χ1v) is 5.81. The van der Waals surface area contributed by atoms with Crippen LogP contribution in [0.3, 0.4) is 0 Å². The van der Waals surface area contributed by atoms with Gasteiger partial charge >= 0.3 is 5.97 Å². The fourth-order valence-corrected chi connectivity index (χ4v) is 1.29. The maximum absolute atomic E-state index is 10.9. The van der Waals surface area contributed by atoms with Crippen LogP contribution >= 0.6 is 0 Å². The highest BCUT2D eigenvalue weighted by molar-refractivity contribution is 5.70. The minimum absolute atomic E-state index is 0.0233. The number of carbonyl (C=O) groups is 1. The van der Waals surface area contributed by atoms with Gasteiger partial charge in [-0.05, 0) is 13.3 Å². The number of methoxy groups -OCH3 is 1. The van der Waals surface area contributed by atoms with Gasteiger partial charge in [0.25, 0.3) is 0 Å². The van der Waals surface area contributed by atoms with E-state index in [1.165, 1.54) is 0 Å². The molecule has 0 rings (SSSR count). The van der Waals surface area contributed by atoms with Gasteiger partial charge in [0.2, 0.25) is 0 Å². The zero-order valence-electron chi connectivity index (χ0n) is 10.6. The van der Waals surface area contributed by atoms with Crippen molar-refractivity contribution in [3.8, 4) is 0 Å². The maximum atomic E-state index is 10.9. The first kappa shape index (κ1) is 16.3. The topological polar surface area (TPSA) is 77.0 Å². The van der Waals surface area contributed by atoms with Crippen LogP contribution in [0.2, 0.25) is 0 Å². The van der Waals surface area contributed by atoms with Crippen molar-refractivity contribution < 1.29 is 24.1 Å². The molecule has 6 nitrogen and oxygen atoms in total. The Morgan fingerprint density at radius 3 is 2.82 bits per heavy atom. The van der Waals surface area contributed by atoms with Crippen molar-refractivity contribution in [1.29, 1.82) is 0 Å². The molecule has 0 saturated carbocycles. The number of hydrogen-bond acceptors (Lipinski definition) is 6. The Morgan fingerprint density at radius 2 is 2.24 bits per heavy atom. The monoisotopic (exact) mass is 249 g/mol. The molecular weight excluding hydrogens is 226 g/mol. The average Bonchev–Trinajstić information content (AvgIpc) is 2.29. The molecule has 0 aromatic rings. The Bertz CT molecular complexity index is 183. The van der Waals surface area contributed by atoms with E-state index in [-0.39, 0.29) is 25.2 Å². The Hall–Kier alpha value is -0.690. The molecule has 0 fully saturated rings. The summed E-state index contributed by atoms with van der Waals surface area (Å²) in [6.45, 7) is 3.78. The van der Waals surface area contributed by atoms with Gasteiger partial charge in [-0.3, -0.25) is 0 Å². The second kappa shape index (κ2) is 11.8. The van der Waals surface area contributed by atoms with Gasteiger partial charge in [0.05, 0.1) is 19.8 Å². The fourth-order valence-electron chi connectivity index (χ4n) is 1.29.